The van der Waals surface area contributed by atoms with E-state index in [-0.39, 0.29) is 6.04 Å². The van der Waals surface area contributed by atoms with E-state index in [1.807, 2.05) is 23.1 Å². The fraction of sp³-hybridized carbons (Fsp3) is 0.500. The van der Waals surface area contributed by atoms with Crippen LogP contribution >= 0.6 is 0 Å². The Morgan fingerprint density at radius 2 is 2.11 bits per heavy atom. The van der Waals surface area contributed by atoms with Crippen LogP contribution in [0.25, 0.3) is 0 Å². The lowest BCUT2D eigenvalue weighted by atomic mass is 9.95. The number of methoxy groups -OCH3 is 2. The van der Waals surface area contributed by atoms with Gasteiger partial charge in [-0.15, -0.1) is 0 Å². The first kappa shape index (κ1) is 12.7. The zero-order valence-electron chi connectivity index (χ0n) is 10.9. The number of likely N-dealkylation sites (tertiary alicyclic amines) is 1. The van der Waals surface area contributed by atoms with Crippen molar-refractivity contribution in [3.8, 4) is 11.5 Å². The largest absolute Gasteiger partial charge is 0.497 e. The number of rotatable bonds is 4. The molecule has 0 aliphatic carbocycles. The number of carbonyl (C=O) groups is 1. The number of ether oxygens (including phenoxy) is 2. The van der Waals surface area contributed by atoms with Crippen LogP contribution in [-0.2, 0) is 4.79 Å². The fourth-order valence-corrected chi connectivity index (χ4v) is 2.51. The van der Waals surface area contributed by atoms with Gasteiger partial charge in [-0.3, -0.25) is 4.79 Å². The fourth-order valence-electron chi connectivity index (χ4n) is 2.51. The molecule has 0 bridgehead atoms. The Balaban J connectivity index is 2.36. The van der Waals surface area contributed by atoms with Crippen LogP contribution in [0.15, 0.2) is 18.2 Å². The van der Waals surface area contributed by atoms with E-state index < -0.39 is 0 Å². The summed E-state index contributed by atoms with van der Waals surface area (Å²) in [5.74, 6) is 1.61. The average Bonchev–Trinajstić information content (AvgIpc) is 2.46. The third kappa shape index (κ3) is 2.42. The first-order valence-electron chi connectivity index (χ1n) is 6.23. The lowest BCUT2D eigenvalue weighted by molar-refractivity contribution is -0.121. The first-order valence-corrected chi connectivity index (χ1v) is 6.23. The normalized spacial score (nSPS) is 19.4. The van der Waals surface area contributed by atoms with Gasteiger partial charge < -0.3 is 14.4 Å². The average molecular weight is 249 g/mol. The van der Waals surface area contributed by atoms with Gasteiger partial charge in [0.2, 0.25) is 6.41 Å². The third-order valence-electron chi connectivity index (χ3n) is 3.48. The molecular formula is C14H19NO3. The number of hydrogen-bond donors (Lipinski definition) is 0. The van der Waals surface area contributed by atoms with E-state index in [4.69, 9.17) is 9.47 Å². The summed E-state index contributed by atoms with van der Waals surface area (Å²) < 4.78 is 10.6. The van der Waals surface area contributed by atoms with Crippen molar-refractivity contribution >= 4 is 6.41 Å². The van der Waals surface area contributed by atoms with Gasteiger partial charge in [-0.05, 0) is 37.5 Å². The van der Waals surface area contributed by atoms with E-state index in [1.54, 1.807) is 14.2 Å². The maximum absolute atomic E-state index is 11.2. The Hall–Kier alpha value is -1.71. The molecule has 4 nitrogen and oxygen atoms in total. The van der Waals surface area contributed by atoms with Crippen molar-refractivity contribution in [1.82, 2.24) is 4.90 Å². The van der Waals surface area contributed by atoms with E-state index in [9.17, 15) is 4.79 Å². The van der Waals surface area contributed by atoms with Crippen molar-refractivity contribution in [3.05, 3.63) is 23.8 Å². The van der Waals surface area contributed by atoms with E-state index >= 15 is 0 Å². The minimum absolute atomic E-state index is 0.0984. The number of benzene rings is 1. The number of nitrogens with zero attached hydrogens (tertiary/aromatic N) is 1. The molecule has 18 heavy (non-hydrogen) atoms. The molecule has 1 unspecified atom stereocenters. The SMILES string of the molecule is COc1ccc(OC)c(C2CCCCN2C=O)c1. The Labute approximate surface area is 107 Å². The summed E-state index contributed by atoms with van der Waals surface area (Å²) in [6.45, 7) is 0.814. The third-order valence-corrected chi connectivity index (χ3v) is 3.48. The van der Waals surface area contributed by atoms with E-state index in [0.29, 0.717) is 0 Å². The molecule has 1 saturated heterocycles. The van der Waals surface area contributed by atoms with Crippen LogP contribution < -0.4 is 9.47 Å². The molecule has 0 spiro atoms. The summed E-state index contributed by atoms with van der Waals surface area (Å²) >= 11 is 0. The summed E-state index contributed by atoms with van der Waals surface area (Å²) in [5, 5.41) is 0. The predicted octanol–water partition coefficient (Wildman–Crippen LogP) is 2.39. The summed E-state index contributed by atoms with van der Waals surface area (Å²) in [5.41, 5.74) is 1.03. The molecule has 1 aliphatic rings. The van der Waals surface area contributed by atoms with Gasteiger partial charge in [0.05, 0.1) is 20.3 Å². The van der Waals surface area contributed by atoms with Gasteiger partial charge in [-0.1, -0.05) is 0 Å². The molecule has 1 aliphatic heterocycles. The molecule has 1 heterocycles. The number of amides is 1. The minimum atomic E-state index is 0.0984. The Kier molecular flexibility index (Phi) is 4.07. The van der Waals surface area contributed by atoms with E-state index in [1.165, 1.54) is 0 Å². The molecule has 98 valence electrons. The number of piperidine rings is 1. The minimum Gasteiger partial charge on any atom is -0.497 e. The van der Waals surface area contributed by atoms with Crippen molar-refractivity contribution in [2.24, 2.45) is 0 Å². The van der Waals surface area contributed by atoms with Crippen LogP contribution in [0.3, 0.4) is 0 Å². The number of hydrogen-bond acceptors (Lipinski definition) is 3. The Morgan fingerprint density at radius 1 is 1.28 bits per heavy atom. The summed E-state index contributed by atoms with van der Waals surface area (Å²) in [6, 6.07) is 5.83. The van der Waals surface area contributed by atoms with Gasteiger partial charge in [0, 0.05) is 12.1 Å². The second-order valence-corrected chi connectivity index (χ2v) is 4.46. The molecule has 1 atom stereocenters. The Morgan fingerprint density at radius 3 is 2.78 bits per heavy atom. The van der Waals surface area contributed by atoms with Gasteiger partial charge in [-0.2, -0.15) is 0 Å². The summed E-state index contributed by atoms with van der Waals surface area (Å²) in [6.07, 6.45) is 4.11. The molecule has 1 fully saturated rings. The smallest absolute Gasteiger partial charge is 0.210 e. The van der Waals surface area contributed by atoms with Crippen LogP contribution in [0.5, 0.6) is 11.5 Å². The lowest BCUT2D eigenvalue weighted by Crippen LogP contribution is -2.32. The van der Waals surface area contributed by atoms with Crippen LogP contribution in [0, 0.1) is 0 Å². The van der Waals surface area contributed by atoms with Gasteiger partial charge >= 0.3 is 0 Å². The highest BCUT2D eigenvalue weighted by molar-refractivity contribution is 5.51. The maximum Gasteiger partial charge on any atom is 0.210 e. The molecule has 0 aromatic heterocycles. The van der Waals surface area contributed by atoms with Crippen molar-refractivity contribution < 1.29 is 14.3 Å². The van der Waals surface area contributed by atoms with Gasteiger partial charge in [0.15, 0.2) is 0 Å². The van der Waals surface area contributed by atoms with Gasteiger partial charge in [-0.25, -0.2) is 0 Å². The summed E-state index contributed by atoms with van der Waals surface area (Å²) in [4.78, 5) is 13.0. The molecule has 2 rings (SSSR count). The highest BCUT2D eigenvalue weighted by Crippen LogP contribution is 2.37. The molecule has 1 aromatic rings. The van der Waals surface area contributed by atoms with Crippen molar-refractivity contribution in [2.45, 2.75) is 25.3 Å². The first-order chi connectivity index (χ1) is 8.80. The van der Waals surface area contributed by atoms with Crippen molar-refractivity contribution in [3.63, 3.8) is 0 Å². The summed E-state index contributed by atoms with van der Waals surface area (Å²) in [7, 11) is 3.29. The zero-order chi connectivity index (χ0) is 13.0. The highest BCUT2D eigenvalue weighted by atomic mass is 16.5. The quantitative estimate of drug-likeness (QED) is 0.769. The topological polar surface area (TPSA) is 38.8 Å². The molecule has 4 heteroatoms. The molecule has 1 amide bonds. The standard InChI is InChI=1S/C14H19NO3/c1-17-11-6-7-14(18-2)12(9-11)13-5-3-4-8-15(13)10-16/h6-7,9-10,13H,3-5,8H2,1-2H3. The zero-order valence-corrected chi connectivity index (χ0v) is 10.9. The van der Waals surface area contributed by atoms with Crippen LogP contribution in [0.4, 0.5) is 0 Å². The van der Waals surface area contributed by atoms with E-state index in [0.717, 1.165) is 49.3 Å². The van der Waals surface area contributed by atoms with Crippen LogP contribution in [0.2, 0.25) is 0 Å². The molecular weight excluding hydrogens is 230 g/mol. The molecule has 0 saturated carbocycles. The predicted molar refractivity (Wildman–Crippen MR) is 68.9 cm³/mol. The van der Waals surface area contributed by atoms with Crippen LogP contribution in [-0.4, -0.2) is 32.1 Å². The van der Waals surface area contributed by atoms with Crippen molar-refractivity contribution in [2.75, 3.05) is 20.8 Å². The monoisotopic (exact) mass is 249 g/mol. The lowest BCUT2D eigenvalue weighted by Gasteiger charge is -2.33. The van der Waals surface area contributed by atoms with E-state index in [2.05, 4.69) is 0 Å². The highest BCUT2D eigenvalue weighted by Gasteiger charge is 2.25. The number of carbonyl (C=O) groups excluding carboxylic acids is 1. The van der Waals surface area contributed by atoms with Gasteiger partial charge in [0.1, 0.15) is 11.5 Å². The second kappa shape index (κ2) is 5.76. The molecule has 0 radical (unpaired) electrons. The molecule has 1 aromatic carbocycles. The Bertz CT molecular complexity index is 420. The van der Waals surface area contributed by atoms with Crippen LogP contribution in [0.1, 0.15) is 30.9 Å². The molecule has 0 N–H and O–H groups in total. The maximum atomic E-state index is 11.2. The second-order valence-electron chi connectivity index (χ2n) is 4.46. The van der Waals surface area contributed by atoms with Gasteiger partial charge in [0.25, 0.3) is 0 Å². The van der Waals surface area contributed by atoms with Crippen molar-refractivity contribution in [1.29, 1.82) is 0 Å².